The number of fused-ring (bicyclic) bond motifs is 1. The number of hydrogen-bond acceptors (Lipinski definition) is 4. The number of carbonyl (C=O) groups excluding carboxylic acids is 1. The van der Waals surface area contributed by atoms with Crippen LogP contribution >= 0.6 is 11.8 Å². The topological polar surface area (TPSA) is 59.3 Å². The number of rotatable bonds is 5. The molecule has 5 nitrogen and oxygen atoms in total. The number of amides is 1. The summed E-state index contributed by atoms with van der Waals surface area (Å²) >= 11 is 1.60. The third-order valence-electron chi connectivity index (χ3n) is 3.64. The number of thioether (sulfide) groups is 1. The summed E-state index contributed by atoms with van der Waals surface area (Å²) in [6.07, 6.45) is 0. The van der Waals surface area contributed by atoms with Gasteiger partial charge >= 0.3 is 0 Å². The van der Waals surface area contributed by atoms with Crippen LogP contribution in [0.25, 0.3) is 16.8 Å². The van der Waals surface area contributed by atoms with Crippen LogP contribution in [0.5, 0.6) is 0 Å². The van der Waals surface area contributed by atoms with Crippen LogP contribution in [0.1, 0.15) is 18.2 Å². The molecule has 3 aromatic rings. The van der Waals surface area contributed by atoms with E-state index in [1.165, 1.54) is 6.92 Å². The maximum atomic E-state index is 11.0. The third-order valence-corrected chi connectivity index (χ3v) is 4.57. The highest BCUT2D eigenvalue weighted by Crippen LogP contribution is 2.30. The SMILES string of the molecule is CC(=O)NCCSc1nc(-c2ccccc2)c2c(C)cc(C)nn12. The van der Waals surface area contributed by atoms with Gasteiger partial charge in [-0.05, 0) is 25.5 Å². The molecule has 0 saturated carbocycles. The predicted octanol–water partition coefficient (Wildman–Crippen LogP) is 3.24. The highest BCUT2D eigenvalue weighted by Gasteiger charge is 2.16. The Bertz CT molecular complexity index is 874. The van der Waals surface area contributed by atoms with Crippen LogP contribution < -0.4 is 5.32 Å². The van der Waals surface area contributed by atoms with Gasteiger partial charge in [-0.15, -0.1) is 0 Å². The number of nitrogens with zero attached hydrogens (tertiary/aromatic N) is 3. The molecular weight excluding hydrogens is 320 g/mol. The minimum Gasteiger partial charge on any atom is -0.356 e. The van der Waals surface area contributed by atoms with Gasteiger partial charge in [0.15, 0.2) is 5.16 Å². The van der Waals surface area contributed by atoms with Gasteiger partial charge in [0.05, 0.1) is 16.9 Å². The van der Waals surface area contributed by atoms with E-state index in [-0.39, 0.29) is 5.91 Å². The molecule has 0 radical (unpaired) electrons. The molecule has 0 spiro atoms. The molecule has 3 rings (SSSR count). The van der Waals surface area contributed by atoms with Crippen molar-refractivity contribution in [3.8, 4) is 11.3 Å². The maximum absolute atomic E-state index is 11.0. The van der Waals surface area contributed by atoms with Crippen LogP contribution in [0, 0.1) is 13.8 Å². The van der Waals surface area contributed by atoms with Crippen molar-refractivity contribution in [2.24, 2.45) is 0 Å². The molecule has 124 valence electrons. The van der Waals surface area contributed by atoms with E-state index in [2.05, 4.69) is 35.5 Å². The smallest absolute Gasteiger partial charge is 0.216 e. The first kappa shape index (κ1) is 16.5. The fourth-order valence-corrected chi connectivity index (χ4v) is 3.46. The zero-order valence-electron chi connectivity index (χ0n) is 14.0. The first-order chi connectivity index (χ1) is 11.6. The standard InChI is InChI=1S/C18H20N4OS/c1-12-11-13(2)21-22-17(12)16(15-7-5-4-6-8-15)20-18(22)24-10-9-19-14(3)23/h4-8,11H,9-10H2,1-3H3,(H,19,23). The number of aromatic nitrogens is 3. The minimum absolute atomic E-state index is 0.0154. The molecule has 2 heterocycles. The van der Waals surface area contributed by atoms with E-state index >= 15 is 0 Å². The molecule has 0 unspecified atom stereocenters. The van der Waals surface area contributed by atoms with Crippen LogP contribution in [0.15, 0.2) is 41.6 Å². The molecule has 0 bridgehead atoms. The lowest BCUT2D eigenvalue weighted by atomic mass is 10.1. The Labute approximate surface area is 145 Å². The van der Waals surface area contributed by atoms with Crippen LogP contribution in [-0.4, -0.2) is 32.8 Å². The molecule has 0 aliphatic carbocycles. The second-order valence-corrected chi connectivity index (χ2v) is 6.73. The average Bonchev–Trinajstić information content (AvgIpc) is 2.91. The summed E-state index contributed by atoms with van der Waals surface area (Å²) in [5.41, 5.74) is 5.18. The molecule has 0 aliphatic rings. The summed E-state index contributed by atoms with van der Waals surface area (Å²) < 4.78 is 1.92. The molecule has 6 heteroatoms. The highest BCUT2D eigenvalue weighted by molar-refractivity contribution is 7.99. The van der Waals surface area contributed by atoms with Gasteiger partial charge < -0.3 is 5.32 Å². The molecule has 0 atom stereocenters. The molecule has 1 aromatic carbocycles. The molecule has 0 saturated heterocycles. The number of aryl methyl sites for hydroxylation is 2. The van der Waals surface area contributed by atoms with Crippen LogP contribution in [0.4, 0.5) is 0 Å². The molecule has 24 heavy (non-hydrogen) atoms. The molecule has 2 aromatic heterocycles. The number of carbonyl (C=O) groups is 1. The lowest BCUT2D eigenvalue weighted by molar-refractivity contribution is -0.118. The Hall–Kier alpha value is -2.34. The first-order valence-electron chi connectivity index (χ1n) is 7.86. The van der Waals surface area contributed by atoms with Gasteiger partial charge in [-0.25, -0.2) is 9.50 Å². The summed E-state index contributed by atoms with van der Waals surface area (Å²) in [5.74, 6) is 0.736. The van der Waals surface area contributed by atoms with Crippen molar-refractivity contribution in [3.63, 3.8) is 0 Å². The van der Waals surface area contributed by atoms with E-state index in [0.29, 0.717) is 6.54 Å². The van der Waals surface area contributed by atoms with E-state index in [1.54, 1.807) is 11.8 Å². The lowest BCUT2D eigenvalue weighted by Crippen LogP contribution is -2.22. The van der Waals surface area contributed by atoms with Crippen LogP contribution in [-0.2, 0) is 4.79 Å². The normalized spacial score (nSPS) is 11.0. The van der Waals surface area contributed by atoms with Crippen molar-refractivity contribution in [3.05, 3.63) is 47.7 Å². The molecule has 1 N–H and O–H groups in total. The van der Waals surface area contributed by atoms with E-state index in [0.717, 1.165) is 38.9 Å². The van der Waals surface area contributed by atoms with Gasteiger partial charge in [-0.1, -0.05) is 42.1 Å². The predicted molar refractivity (Wildman–Crippen MR) is 97.3 cm³/mol. The van der Waals surface area contributed by atoms with Crippen molar-refractivity contribution < 1.29 is 4.79 Å². The summed E-state index contributed by atoms with van der Waals surface area (Å²) in [5, 5.41) is 8.30. The number of hydrogen-bond donors (Lipinski definition) is 1. The molecular formula is C18H20N4OS. The van der Waals surface area contributed by atoms with Gasteiger partial charge in [0.1, 0.15) is 0 Å². The fraction of sp³-hybridized carbons (Fsp3) is 0.278. The number of imidazole rings is 1. The van der Waals surface area contributed by atoms with Crippen molar-refractivity contribution in [2.45, 2.75) is 25.9 Å². The Morgan fingerprint density at radius 3 is 2.71 bits per heavy atom. The Kier molecular flexibility index (Phi) is 4.85. The monoisotopic (exact) mass is 340 g/mol. The Morgan fingerprint density at radius 2 is 2.00 bits per heavy atom. The van der Waals surface area contributed by atoms with Crippen LogP contribution in [0.3, 0.4) is 0 Å². The summed E-state index contributed by atoms with van der Waals surface area (Å²) in [4.78, 5) is 15.8. The van der Waals surface area contributed by atoms with Gasteiger partial charge in [0, 0.05) is 24.8 Å². The quantitative estimate of drug-likeness (QED) is 0.572. The molecule has 0 fully saturated rings. The summed E-state index contributed by atoms with van der Waals surface area (Å²) in [6, 6.07) is 12.2. The van der Waals surface area contributed by atoms with Crippen molar-refractivity contribution >= 4 is 23.2 Å². The van der Waals surface area contributed by atoms with Gasteiger partial charge in [0.25, 0.3) is 0 Å². The molecule has 0 aliphatic heterocycles. The summed E-state index contributed by atoms with van der Waals surface area (Å²) in [7, 11) is 0. The second-order valence-electron chi connectivity index (χ2n) is 5.67. The van der Waals surface area contributed by atoms with Crippen molar-refractivity contribution in [1.82, 2.24) is 19.9 Å². The molecule has 1 amide bonds. The maximum Gasteiger partial charge on any atom is 0.216 e. The Morgan fingerprint density at radius 1 is 1.25 bits per heavy atom. The third kappa shape index (κ3) is 3.43. The Balaban J connectivity index is 2.01. The number of nitrogens with one attached hydrogen (secondary N) is 1. The second kappa shape index (κ2) is 7.05. The minimum atomic E-state index is -0.0154. The van der Waals surface area contributed by atoms with Crippen molar-refractivity contribution in [1.29, 1.82) is 0 Å². The lowest BCUT2D eigenvalue weighted by Gasteiger charge is -2.05. The van der Waals surface area contributed by atoms with Gasteiger partial charge in [-0.3, -0.25) is 4.79 Å². The highest BCUT2D eigenvalue weighted by atomic mass is 32.2. The zero-order valence-corrected chi connectivity index (χ0v) is 14.9. The summed E-state index contributed by atoms with van der Waals surface area (Å²) in [6.45, 7) is 6.21. The van der Waals surface area contributed by atoms with Crippen molar-refractivity contribution in [2.75, 3.05) is 12.3 Å². The largest absolute Gasteiger partial charge is 0.356 e. The van der Waals surface area contributed by atoms with Gasteiger partial charge in [-0.2, -0.15) is 5.10 Å². The van der Waals surface area contributed by atoms with E-state index in [1.807, 2.05) is 29.6 Å². The van der Waals surface area contributed by atoms with Crippen LogP contribution in [0.2, 0.25) is 0 Å². The average molecular weight is 340 g/mol. The first-order valence-corrected chi connectivity index (χ1v) is 8.84. The number of benzene rings is 1. The van der Waals surface area contributed by atoms with E-state index in [4.69, 9.17) is 4.98 Å². The van der Waals surface area contributed by atoms with E-state index in [9.17, 15) is 4.79 Å². The zero-order chi connectivity index (χ0) is 17.1. The fourth-order valence-electron chi connectivity index (χ4n) is 2.67. The van der Waals surface area contributed by atoms with Gasteiger partial charge in [0.2, 0.25) is 5.91 Å². The van der Waals surface area contributed by atoms with E-state index < -0.39 is 0 Å².